The Kier molecular flexibility index (Phi) is 5.82. The van der Waals surface area contributed by atoms with Crippen LogP contribution in [0.2, 0.25) is 0 Å². The molecule has 0 radical (unpaired) electrons. The summed E-state index contributed by atoms with van der Waals surface area (Å²) in [5.74, 6) is -1.60. The number of anilines is 1. The molecule has 0 spiro atoms. The average molecular weight is 434 g/mol. The number of esters is 1. The molecule has 1 unspecified atom stereocenters. The Bertz CT molecular complexity index is 1120. The number of ether oxygens (including phenoxy) is 1. The second kappa shape index (κ2) is 8.57. The van der Waals surface area contributed by atoms with Crippen molar-refractivity contribution >= 4 is 29.4 Å². The fraction of sp³-hybridized carbons (Fsp3) is 0.360. The van der Waals surface area contributed by atoms with Gasteiger partial charge in [-0.2, -0.15) is 0 Å². The molecule has 0 saturated carbocycles. The summed E-state index contributed by atoms with van der Waals surface area (Å²) >= 11 is 0. The number of aryl methyl sites for hydroxylation is 2. The molecule has 32 heavy (non-hydrogen) atoms. The Morgan fingerprint density at radius 1 is 1.00 bits per heavy atom. The number of likely N-dealkylation sites (tertiary alicyclic amines) is 1. The van der Waals surface area contributed by atoms with Crippen LogP contribution in [0.1, 0.15) is 68.4 Å². The third kappa shape index (κ3) is 3.68. The van der Waals surface area contributed by atoms with Crippen molar-refractivity contribution in [1.29, 1.82) is 0 Å². The molecule has 0 N–H and O–H groups in total. The number of hydrogen-bond donors (Lipinski definition) is 0. The summed E-state index contributed by atoms with van der Waals surface area (Å²) in [6.07, 6.45) is 2.19. The zero-order valence-electron chi connectivity index (χ0n) is 18.5. The van der Waals surface area contributed by atoms with E-state index in [9.17, 15) is 19.2 Å². The standard InChI is InChI=1S/C25H26N2O5/c1-4-32-25(31)20-7-5-6-12-26(20)22(28)17-10-11-18-19(14-17)24(30)27(23(18)29)21-13-15(2)8-9-16(21)3/h8-11,13-14,20H,4-7,12H2,1-3H3. The summed E-state index contributed by atoms with van der Waals surface area (Å²) in [5, 5.41) is 0. The van der Waals surface area contributed by atoms with Gasteiger partial charge in [0, 0.05) is 12.1 Å². The third-order valence-electron chi connectivity index (χ3n) is 6.06. The predicted octanol–water partition coefficient (Wildman–Crippen LogP) is 3.66. The molecule has 1 fully saturated rings. The quantitative estimate of drug-likeness (QED) is 0.542. The van der Waals surface area contributed by atoms with Crippen LogP contribution in [0.4, 0.5) is 5.69 Å². The first-order chi connectivity index (χ1) is 15.3. The van der Waals surface area contributed by atoms with Crippen molar-refractivity contribution in [2.24, 2.45) is 0 Å². The summed E-state index contributed by atoms with van der Waals surface area (Å²) in [5.41, 5.74) is 3.05. The first kappa shape index (κ1) is 21.7. The maximum absolute atomic E-state index is 13.3. The molecule has 166 valence electrons. The lowest BCUT2D eigenvalue weighted by molar-refractivity contribution is -0.149. The topological polar surface area (TPSA) is 84.0 Å². The number of benzene rings is 2. The molecule has 2 aromatic carbocycles. The van der Waals surface area contributed by atoms with Gasteiger partial charge in [0.1, 0.15) is 6.04 Å². The molecule has 2 heterocycles. The van der Waals surface area contributed by atoms with Gasteiger partial charge in [-0.1, -0.05) is 12.1 Å². The van der Waals surface area contributed by atoms with E-state index in [4.69, 9.17) is 4.74 Å². The maximum Gasteiger partial charge on any atom is 0.328 e. The maximum atomic E-state index is 13.3. The van der Waals surface area contributed by atoms with Crippen molar-refractivity contribution in [1.82, 2.24) is 4.90 Å². The minimum absolute atomic E-state index is 0.200. The van der Waals surface area contributed by atoms with Gasteiger partial charge in [-0.15, -0.1) is 0 Å². The molecule has 0 bridgehead atoms. The molecule has 2 aliphatic heterocycles. The number of amides is 3. The van der Waals surface area contributed by atoms with Crippen molar-refractivity contribution in [3.05, 3.63) is 64.2 Å². The van der Waals surface area contributed by atoms with Crippen LogP contribution in [-0.2, 0) is 9.53 Å². The van der Waals surface area contributed by atoms with Gasteiger partial charge in [-0.3, -0.25) is 14.4 Å². The summed E-state index contributed by atoms with van der Waals surface area (Å²) in [7, 11) is 0. The van der Waals surface area contributed by atoms with Gasteiger partial charge in [0.05, 0.1) is 23.4 Å². The van der Waals surface area contributed by atoms with Crippen molar-refractivity contribution in [3.63, 3.8) is 0 Å². The fourth-order valence-corrected chi connectivity index (χ4v) is 4.38. The van der Waals surface area contributed by atoms with Gasteiger partial charge in [0.2, 0.25) is 0 Å². The van der Waals surface area contributed by atoms with Crippen molar-refractivity contribution < 1.29 is 23.9 Å². The second-order valence-electron chi connectivity index (χ2n) is 8.26. The molecular weight excluding hydrogens is 408 g/mol. The van der Waals surface area contributed by atoms with Gasteiger partial charge >= 0.3 is 5.97 Å². The third-order valence-corrected chi connectivity index (χ3v) is 6.06. The Labute approximate surface area is 187 Å². The van der Waals surface area contributed by atoms with Crippen LogP contribution in [0.25, 0.3) is 0 Å². The van der Waals surface area contributed by atoms with E-state index in [-0.39, 0.29) is 29.2 Å². The van der Waals surface area contributed by atoms with Crippen LogP contribution in [0.3, 0.4) is 0 Å². The molecule has 0 aliphatic carbocycles. The Morgan fingerprint density at radius 3 is 2.50 bits per heavy atom. The summed E-state index contributed by atoms with van der Waals surface area (Å²) < 4.78 is 5.15. The van der Waals surface area contributed by atoms with E-state index in [1.54, 1.807) is 19.1 Å². The molecule has 4 rings (SSSR count). The molecule has 1 saturated heterocycles. The van der Waals surface area contributed by atoms with E-state index in [1.807, 2.05) is 26.0 Å². The van der Waals surface area contributed by atoms with Crippen LogP contribution < -0.4 is 4.90 Å². The number of carbonyl (C=O) groups is 4. The fourth-order valence-electron chi connectivity index (χ4n) is 4.38. The van der Waals surface area contributed by atoms with Crippen LogP contribution >= 0.6 is 0 Å². The smallest absolute Gasteiger partial charge is 0.328 e. The first-order valence-corrected chi connectivity index (χ1v) is 10.9. The monoisotopic (exact) mass is 434 g/mol. The van der Waals surface area contributed by atoms with E-state index >= 15 is 0 Å². The normalized spacial score (nSPS) is 18.0. The van der Waals surface area contributed by atoms with Crippen molar-refractivity contribution in [2.75, 3.05) is 18.1 Å². The Morgan fingerprint density at radius 2 is 1.75 bits per heavy atom. The highest BCUT2D eigenvalue weighted by atomic mass is 16.5. The van der Waals surface area contributed by atoms with Crippen LogP contribution in [0.15, 0.2) is 36.4 Å². The van der Waals surface area contributed by atoms with Gasteiger partial charge in [0.25, 0.3) is 17.7 Å². The number of nitrogens with zero attached hydrogens (tertiary/aromatic N) is 2. The van der Waals surface area contributed by atoms with E-state index in [1.165, 1.54) is 21.9 Å². The van der Waals surface area contributed by atoms with Crippen LogP contribution in [-0.4, -0.2) is 47.8 Å². The molecule has 2 aliphatic rings. The zero-order valence-corrected chi connectivity index (χ0v) is 18.5. The number of hydrogen-bond acceptors (Lipinski definition) is 5. The lowest BCUT2D eigenvalue weighted by Crippen LogP contribution is -2.48. The molecule has 0 aromatic heterocycles. The van der Waals surface area contributed by atoms with E-state index < -0.39 is 23.8 Å². The number of fused-ring (bicyclic) bond motifs is 1. The number of imide groups is 1. The van der Waals surface area contributed by atoms with Gasteiger partial charge < -0.3 is 9.64 Å². The molecular formula is C25H26N2O5. The van der Waals surface area contributed by atoms with Gasteiger partial charge in [-0.25, -0.2) is 9.69 Å². The van der Waals surface area contributed by atoms with Crippen molar-refractivity contribution in [2.45, 2.75) is 46.1 Å². The minimum atomic E-state index is -0.631. The SMILES string of the molecule is CCOC(=O)C1CCCCN1C(=O)c1ccc2c(c1)C(=O)N(c1cc(C)ccc1C)C2=O. The lowest BCUT2D eigenvalue weighted by Gasteiger charge is -2.34. The molecule has 7 nitrogen and oxygen atoms in total. The molecule has 2 aromatic rings. The van der Waals surface area contributed by atoms with Gasteiger partial charge in [-0.05, 0) is 75.4 Å². The summed E-state index contributed by atoms with van der Waals surface area (Å²) in [6.45, 7) is 6.18. The molecule has 7 heteroatoms. The van der Waals surface area contributed by atoms with Crippen molar-refractivity contribution in [3.8, 4) is 0 Å². The van der Waals surface area contributed by atoms with E-state index in [0.29, 0.717) is 18.7 Å². The molecule has 1 atom stereocenters. The zero-order chi connectivity index (χ0) is 23.0. The van der Waals surface area contributed by atoms with Crippen LogP contribution in [0, 0.1) is 13.8 Å². The van der Waals surface area contributed by atoms with Gasteiger partial charge in [0.15, 0.2) is 0 Å². The number of piperidine rings is 1. The Balaban J connectivity index is 1.66. The van der Waals surface area contributed by atoms with E-state index in [2.05, 4.69) is 0 Å². The number of rotatable bonds is 4. The largest absolute Gasteiger partial charge is 0.464 e. The number of carbonyl (C=O) groups excluding carboxylic acids is 4. The average Bonchev–Trinajstić information content (AvgIpc) is 3.04. The highest BCUT2D eigenvalue weighted by molar-refractivity contribution is 6.35. The minimum Gasteiger partial charge on any atom is -0.464 e. The molecule has 3 amide bonds. The highest BCUT2D eigenvalue weighted by Crippen LogP contribution is 2.32. The lowest BCUT2D eigenvalue weighted by atomic mass is 9.99. The summed E-state index contributed by atoms with van der Waals surface area (Å²) in [6, 6.07) is 9.52. The first-order valence-electron chi connectivity index (χ1n) is 10.9. The predicted molar refractivity (Wildman–Crippen MR) is 119 cm³/mol. The summed E-state index contributed by atoms with van der Waals surface area (Å²) in [4.78, 5) is 54.5. The Hall–Kier alpha value is -3.48. The second-order valence-corrected chi connectivity index (χ2v) is 8.26. The van der Waals surface area contributed by atoms with Crippen LogP contribution in [0.5, 0.6) is 0 Å². The highest BCUT2D eigenvalue weighted by Gasteiger charge is 2.39. The van der Waals surface area contributed by atoms with E-state index in [0.717, 1.165) is 24.0 Å².